The van der Waals surface area contributed by atoms with E-state index in [4.69, 9.17) is 10.1 Å². The van der Waals surface area contributed by atoms with Gasteiger partial charge in [-0.05, 0) is 31.6 Å². The molecule has 0 saturated heterocycles. The SMILES string of the molecule is CNc1ccsc1C(=N)c1ccnc(Nc2cc([N+](=O)[O-])c(N(C)CCN(C)C)cc2OC)n1. The molecule has 11 nitrogen and oxygen atoms in total. The van der Waals surface area contributed by atoms with Gasteiger partial charge in [-0.2, -0.15) is 0 Å². The number of methoxy groups -OCH3 is 1. The molecule has 3 rings (SSSR count). The number of nitrogens with one attached hydrogen (secondary N) is 3. The molecule has 0 bridgehead atoms. The van der Waals surface area contributed by atoms with Gasteiger partial charge in [-0.15, -0.1) is 11.3 Å². The second-order valence-electron chi connectivity index (χ2n) is 7.70. The molecule has 1 aromatic carbocycles. The highest BCUT2D eigenvalue weighted by molar-refractivity contribution is 7.13. The van der Waals surface area contributed by atoms with Crippen LogP contribution in [0.2, 0.25) is 0 Å². The topological polar surface area (TPSA) is 133 Å². The van der Waals surface area contributed by atoms with Crippen molar-refractivity contribution in [2.75, 3.05) is 63.9 Å². The zero-order chi connectivity index (χ0) is 24.8. The fourth-order valence-corrected chi connectivity index (χ4v) is 4.10. The maximum absolute atomic E-state index is 11.8. The van der Waals surface area contributed by atoms with Crippen molar-refractivity contribution in [1.29, 1.82) is 5.41 Å². The Hall–Kier alpha value is -3.77. The van der Waals surface area contributed by atoms with Gasteiger partial charge >= 0.3 is 0 Å². The summed E-state index contributed by atoms with van der Waals surface area (Å²) in [4.78, 5) is 24.7. The molecular weight excluding hydrogens is 456 g/mol. The molecule has 0 unspecified atom stereocenters. The van der Waals surface area contributed by atoms with Gasteiger partial charge in [0.25, 0.3) is 5.69 Å². The van der Waals surface area contributed by atoms with Crippen LogP contribution in [0.4, 0.5) is 28.7 Å². The van der Waals surface area contributed by atoms with Gasteiger partial charge in [-0.3, -0.25) is 15.5 Å². The van der Waals surface area contributed by atoms with Gasteiger partial charge in [0.15, 0.2) is 0 Å². The number of nitro groups is 1. The number of likely N-dealkylation sites (N-methyl/N-ethyl adjacent to an activating group) is 2. The summed E-state index contributed by atoms with van der Waals surface area (Å²) in [5.41, 5.74) is 2.25. The molecule has 2 aromatic heterocycles. The number of benzene rings is 1. The normalized spacial score (nSPS) is 10.8. The molecule has 34 heavy (non-hydrogen) atoms. The van der Waals surface area contributed by atoms with Crippen LogP contribution in [-0.2, 0) is 0 Å². The van der Waals surface area contributed by atoms with E-state index >= 15 is 0 Å². The highest BCUT2D eigenvalue weighted by Gasteiger charge is 2.22. The van der Waals surface area contributed by atoms with Gasteiger partial charge in [-0.1, -0.05) is 0 Å². The highest BCUT2D eigenvalue weighted by Crippen LogP contribution is 2.38. The standard InChI is InChI=1S/C22H28N8O3S/c1-24-15-7-11-34-21(15)20(23)14-6-8-25-22(26-14)27-16-12-18(30(31)32)17(13-19(16)33-5)29(4)10-9-28(2)3/h6-8,11-13,23-24H,9-10H2,1-5H3,(H,25,26,27). The number of hydrogen-bond acceptors (Lipinski definition) is 11. The molecule has 0 spiro atoms. The first kappa shape index (κ1) is 24.9. The number of hydrogen-bond donors (Lipinski definition) is 3. The number of thiophene rings is 1. The summed E-state index contributed by atoms with van der Waals surface area (Å²) >= 11 is 1.44. The fourth-order valence-electron chi connectivity index (χ4n) is 3.24. The quantitative estimate of drug-likeness (QED) is 0.212. The Morgan fingerprint density at radius 1 is 1.24 bits per heavy atom. The molecule has 0 amide bonds. The van der Waals surface area contributed by atoms with Crippen LogP contribution < -0.4 is 20.3 Å². The third-order valence-electron chi connectivity index (χ3n) is 5.11. The second kappa shape index (κ2) is 10.9. The Bertz CT molecular complexity index is 1180. The molecule has 0 aliphatic carbocycles. The fraction of sp³-hybridized carbons (Fsp3) is 0.318. The third kappa shape index (κ3) is 5.58. The average Bonchev–Trinajstić information content (AvgIpc) is 3.30. The van der Waals surface area contributed by atoms with Crippen molar-refractivity contribution in [3.63, 3.8) is 0 Å². The van der Waals surface area contributed by atoms with Crippen LogP contribution in [0, 0.1) is 15.5 Å². The van der Waals surface area contributed by atoms with E-state index in [1.54, 1.807) is 26.2 Å². The van der Waals surface area contributed by atoms with Gasteiger partial charge in [0.2, 0.25) is 5.95 Å². The molecule has 0 aliphatic rings. The van der Waals surface area contributed by atoms with E-state index in [1.807, 2.05) is 35.3 Å². The summed E-state index contributed by atoms with van der Waals surface area (Å²) in [6.45, 7) is 1.34. The maximum Gasteiger partial charge on any atom is 0.294 e. The van der Waals surface area contributed by atoms with Crippen molar-refractivity contribution in [3.05, 3.63) is 56.5 Å². The van der Waals surface area contributed by atoms with Crippen LogP contribution in [0.25, 0.3) is 0 Å². The zero-order valence-electron chi connectivity index (χ0n) is 19.7. The third-order valence-corrected chi connectivity index (χ3v) is 6.04. The van der Waals surface area contributed by atoms with E-state index in [-0.39, 0.29) is 17.3 Å². The summed E-state index contributed by atoms with van der Waals surface area (Å²) in [7, 11) is 9.00. The Morgan fingerprint density at radius 2 is 2.00 bits per heavy atom. The first-order valence-electron chi connectivity index (χ1n) is 10.4. The van der Waals surface area contributed by atoms with Crippen molar-refractivity contribution >= 4 is 45.7 Å². The Morgan fingerprint density at radius 3 is 2.65 bits per heavy atom. The largest absolute Gasteiger partial charge is 0.494 e. The molecule has 12 heteroatoms. The Balaban J connectivity index is 1.93. The molecular formula is C22H28N8O3S. The van der Waals surface area contributed by atoms with Crippen molar-refractivity contribution in [1.82, 2.24) is 14.9 Å². The van der Waals surface area contributed by atoms with Crippen LogP contribution in [0.15, 0.2) is 35.8 Å². The van der Waals surface area contributed by atoms with Crippen LogP contribution in [-0.4, -0.2) is 73.9 Å². The molecule has 0 radical (unpaired) electrons. The number of aromatic nitrogens is 2. The molecule has 0 fully saturated rings. The minimum absolute atomic E-state index is 0.0642. The minimum atomic E-state index is -0.421. The number of anilines is 4. The average molecular weight is 485 g/mol. The van der Waals surface area contributed by atoms with Crippen LogP contribution in [0.1, 0.15) is 10.6 Å². The van der Waals surface area contributed by atoms with Gasteiger partial charge in [0.05, 0.1) is 39.7 Å². The van der Waals surface area contributed by atoms with Crippen LogP contribution in [0.5, 0.6) is 5.75 Å². The van der Waals surface area contributed by atoms with Crippen molar-refractivity contribution in [3.8, 4) is 5.75 Å². The predicted molar refractivity (Wildman–Crippen MR) is 137 cm³/mol. The molecule has 3 N–H and O–H groups in total. The molecule has 3 aromatic rings. The Kier molecular flexibility index (Phi) is 7.97. The second-order valence-corrected chi connectivity index (χ2v) is 8.62. The summed E-state index contributed by atoms with van der Waals surface area (Å²) < 4.78 is 5.51. The maximum atomic E-state index is 11.8. The predicted octanol–water partition coefficient (Wildman–Crippen LogP) is 3.65. The first-order chi connectivity index (χ1) is 16.2. The first-order valence-corrected chi connectivity index (χ1v) is 11.3. The van der Waals surface area contributed by atoms with Crippen molar-refractivity contribution < 1.29 is 9.66 Å². The molecule has 0 aliphatic heterocycles. The van der Waals surface area contributed by atoms with Crippen molar-refractivity contribution in [2.45, 2.75) is 0 Å². The summed E-state index contributed by atoms with van der Waals surface area (Å²) in [6.07, 6.45) is 1.54. The lowest BCUT2D eigenvalue weighted by Crippen LogP contribution is -2.29. The highest BCUT2D eigenvalue weighted by atomic mass is 32.1. The lowest BCUT2D eigenvalue weighted by atomic mass is 10.2. The van der Waals surface area contributed by atoms with E-state index in [1.165, 1.54) is 30.7 Å². The lowest BCUT2D eigenvalue weighted by Gasteiger charge is -2.22. The number of nitrogens with zero attached hydrogens (tertiary/aromatic N) is 5. The summed E-state index contributed by atoms with van der Waals surface area (Å²) in [6, 6.07) is 6.60. The monoisotopic (exact) mass is 484 g/mol. The number of rotatable bonds is 11. The molecule has 0 atom stereocenters. The lowest BCUT2D eigenvalue weighted by molar-refractivity contribution is -0.384. The minimum Gasteiger partial charge on any atom is -0.494 e. The van der Waals surface area contributed by atoms with E-state index in [9.17, 15) is 10.1 Å². The van der Waals surface area contributed by atoms with E-state index in [0.29, 0.717) is 29.4 Å². The van der Waals surface area contributed by atoms with Gasteiger partial charge in [0, 0.05) is 45.5 Å². The molecule has 0 saturated carbocycles. The van der Waals surface area contributed by atoms with Gasteiger partial charge in [0.1, 0.15) is 11.4 Å². The van der Waals surface area contributed by atoms with Crippen LogP contribution in [0.3, 0.4) is 0 Å². The smallest absolute Gasteiger partial charge is 0.294 e. The molecule has 2 heterocycles. The number of nitro benzene ring substituents is 1. The summed E-state index contributed by atoms with van der Waals surface area (Å²) in [5, 5.41) is 28.4. The van der Waals surface area contributed by atoms with Crippen LogP contribution >= 0.6 is 11.3 Å². The zero-order valence-corrected chi connectivity index (χ0v) is 20.6. The van der Waals surface area contributed by atoms with E-state index in [2.05, 4.69) is 20.6 Å². The van der Waals surface area contributed by atoms with Crippen molar-refractivity contribution in [2.24, 2.45) is 0 Å². The van der Waals surface area contributed by atoms with Gasteiger partial charge < -0.3 is 25.2 Å². The molecule has 180 valence electrons. The number of ether oxygens (including phenoxy) is 1. The Labute approximate surface area is 202 Å². The van der Waals surface area contributed by atoms with E-state index in [0.717, 1.165) is 17.1 Å². The summed E-state index contributed by atoms with van der Waals surface area (Å²) in [5.74, 6) is 0.614. The van der Waals surface area contributed by atoms with E-state index < -0.39 is 4.92 Å². The van der Waals surface area contributed by atoms with Gasteiger partial charge in [-0.25, -0.2) is 9.97 Å².